The van der Waals surface area contributed by atoms with Gasteiger partial charge in [0.1, 0.15) is 5.75 Å². The Morgan fingerprint density at radius 2 is 2.32 bits per heavy atom. The van der Waals surface area contributed by atoms with Gasteiger partial charge in [-0.1, -0.05) is 6.92 Å². The molecule has 0 amide bonds. The van der Waals surface area contributed by atoms with Crippen molar-refractivity contribution in [2.24, 2.45) is 0 Å². The lowest BCUT2D eigenvalue weighted by Gasteiger charge is -2.32. The Hall–Kier alpha value is -1.26. The molecular weight excluding hydrogens is 240 g/mol. The summed E-state index contributed by atoms with van der Waals surface area (Å²) in [5.41, 5.74) is 2.35. The fourth-order valence-electron chi connectivity index (χ4n) is 2.38. The van der Waals surface area contributed by atoms with Gasteiger partial charge in [-0.3, -0.25) is 4.90 Å². The average molecular weight is 264 g/mol. The number of hydrogen-bond donors (Lipinski definition) is 1. The first-order valence-corrected chi connectivity index (χ1v) is 6.95. The molecule has 2 rings (SSSR count). The molecule has 1 heterocycles. The Labute approximate surface area is 115 Å². The van der Waals surface area contributed by atoms with E-state index in [1.165, 1.54) is 5.56 Å². The zero-order valence-electron chi connectivity index (χ0n) is 12.1. The summed E-state index contributed by atoms with van der Waals surface area (Å²) in [6, 6.07) is 6.09. The number of nitrogens with one attached hydrogen (secondary N) is 1. The minimum atomic E-state index is 0.273. The van der Waals surface area contributed by atoms with E-state index >= 15 is 0 Å². The monoisotopic (exact) mass is 264 g/mol. The fourth-order valence-corrected chi connectivity index (χ4v) is 2.38. The normalized spacial score (nSPS) is 20.3. The first kappa shape index (κ1) is 14.2. The molecule has 1 aliphatic rings. The molecule has 0 saturated carbocycles. The highest BCUT2D eigenvalue weighted by molar-refractivity contribution is 5.53. The minimum absolute atomic E-state index is 0.273. The van der Waals surface area contributed by atoms with Crippen LogP contribution in [0.3, 0.4) is 0 Å². The van der Waals surface area contributed by atoms with E-state index in [9.17, 15) is 0 Å². The summed E-state index contributed by atoms with van der Waals surface area (Å²) in [5, 5.41) is 3.47. The van der Waals surface area contributed by atoms with Gasteiger partial charge < -0.3 is 14.8 Å². The van der Waals surface area contributed by atoms with Crippen molar-refractivity contribution in [2.75, 3.05) is 45.2 Å². The molecule has 1 aliphatic heterocycles. The van der Waals surface area contributed by atoms with Crippen LogP contribution in [0.25, 0.3) is 0 Å². The summed E-state index contributed by atoms with van der Waals surface area (Å²) in [6.07, 6.45) is 0.273. The van der Waals surface area contributed by atoms with Crippen LogP contribution in [0.15, 0.2) is 18.2 Å². The molecular formula is C15H24N2O2. The zero-order chi connectivity index (χ0) is 13.7. The number of aryl methyl sites for hydroxylation is 1. The van der Waals surface area contributed by atoms with Crippen LogP contribution in [0.1, 0.15) is 12.5 Å². The summed E-state index contributed by atoms with van der Waals surface area (Å²) in [7, 11) is 1.69. The molecule has 4 heteroatoms. The first-order valence-electron chi connectivity index (χ1n) is 6.95. The Bertz CT molecular complexity index is 409. The second kappa shape index (κ2) is 6.78. The van der Waals surface area contributed by atoms with E-state index in [2.05, 4.69) is 30.1 Å². The van der Waals surface area contributed by atoms with Crippen molar-refractivity contribution in [3.8, 4) is 5.75 Å². The van der Waals surface area contributed by atoms with Crippen LogP contribution >= 0.6 is 0 Å². The molecule has 0 aromatic heterocycles. The molecule has 106 valence electrons. The van der Waals surface area contributed by atoms with Gasteiger partial charge in [-0.25, -0.2) is 0 Å². The van der Waals surface area contributed by atoms with Crippen LogP contribution in [0.2, 0.25) is 0 Å². The van der Waals surface area contributed by atoms with Crippen molar-refractivity contribution in [1.82, 2.24) is 4.90 Å². The molecule has 1 atom stereocenters. The van der Waals surface area contributed by atoms with Crippen molar-refractivity contribution in [3.63, 3.8) is 0 Å². The largest absolute Gasteiger partial charge is 0.497 e. The molecule has 1 aromatic carbocycles. The average Bonchev–Trinajstić information content (AvgIpc) is 2.46. The molecule has 0 aliphatic carbocycles. The summed E-state index contributed by atoms with van der Waals surface area (Å²) in [4.78, 5) is 2.43. The molecule has 4 nitrogen and oxygen atoms in total. The second-order valence-electron chi connectivity index (χ2n) is 4.95. The lowest BCUT2D eigenvalue weighted by Crippen LogP contribution is -2.45. The van der Waals surface area contributed by atoms with E-state index in [-0.39, 0.29) is 6.10 Å². The lowest BCUT2D eigenvalue weighted by molar-refractivity contribution is -0.0191. The molecule has 1 N–H and O–H groups in total. The molecule has 1 fully saturated rings. The smallest absolute Gasteiger partial charge is 0.119 e. The SMILES string of the molecule is CCN1CCOC(CNc2ccc(OC)cc2C)C1. The van der Waals surface area contributed by atoms with Crippen molar-refractivity contribution >= 4 is 5.69 Å². The maximum atomic E-state index is 5.79. The number of methoxy groups -OCH3 is 1. The Morgan fingerprint density at radius 3 is 3.00 bits per heavy atom. The molecule has 19 heavy (non-hydrogen) atoms. The number of benzene rings is 1. The molecule has 0 spiro atoms. The Kier molecular flexibility index (Phi) is 5.05. The standard InChI is InChI=1S/C15H24N2O2/c1-4-17-7-8-19-14(11-17)10-16-15-6-5-13(18-3)9-12(15)2/h5-6,9,14,16H,4,7-8,10-11H2,1-3H3. The molecule has 1 saturated heterocycles. The predicted molar refractivity (Wildman–Crippen MR) is 78.1 cm³/mol. The first-order chi connectivity index (χ1) is 9.22. The van der Waals surface area contributed by atoms with Gasteiger partial charge in [0.05, 0.1) is 19.8 Å². The second-order valence-corrected chi connectivity index (χ2v) is 4.95. The lowest BCUT2D eigenvalue weighted by atomic mass is 10.2. The highest BCUT2D eigenvalue weighted by Crippen LogP contribution is 2.21. The highest BCUT2D eigenvalue weighted by Gasteiger charge is 2.18. The van der Waals surface area contributed by atoms with Gasteiger partial charge in [-0.2, -0.15) is 0 Å². The Balaban J connectivity index is 1.88. The number of anilines is 1. The van der Waals surface area contributed by atoms with Crippen LogP contribution < -0.4 is 10.1 Å². The number of morpholine rings is 1. The topological polar surface area (TPSA) is 33.7 Å². The number of hydrogen-bond acceptors (Lipinski definition) is 4. The van der Waals surface area contributed by atoms with E-state index in [1.807, 2.05) is 12.1 Å². The van der Waals surface area contributed by atoms with Gasteiger partial charge in [-0.15, -0.1) is 0 Å². The van der Waals surface area contributed by atoms with Gasteiger partial charge in [0.25, 0.3) is 0 Å². The Morgan fingerprint density at radius 1 is 1.47 bits per heavy atom. The molecule has 1 unspecified atom stereocenters. The quantitative estimate of drug-likeness (QED) is 0.883. The van der Waals surface area contributed by atoms with E-state index in [4.69, 9.17) is 9.47 Å². The van der Waals surface area contributed by atoms with E-state index in [1.54, 1.807) is 7.11 Å². The third kappa shape index (κ3) is 3.85. The third-order valence-corrected chi connectivity index (χ3v) is 3.62. The van der Waals surface area contributed by atoms with Gasteiger partial charge in [-0.05, 0) is 37.2 Å². The van der Waals surface area contributed by atoms with Crippen molar-refractivity contribution < 1.29 is 9.47 Å². The molecule has 0 radical (unpaired) electrons. The zero-order valence-corrected chi connectivity index (χ0v) is 12.1. The van der Waals surface area contributed by atoms with Gasteiger partial charge in [0, 0.05) is 25.3 Å². The summed E-state index contributed by atoms with van der Waals surface area (Å²) >= 11 is 0. The highest BCUT2D eigenvalue weighted by atomic mass is 16.5. The van der Waals surface area contributed by atoms with Gasteiger partial charge in [0.2, 0.25) is 0 Å². The van der Waals surface area contributed by atoms with Crippen LogP contribution in [-0.4, -0.2) is 50.9 Å². The van der Waals surface area contributed by atoms with E-state index < -0.39 is 0 Å². The summed E-state index contributed by atoms with van der Waals surface area (Å²) in [5.74, 6) is 0.897. The number of ether oxygens (including phenoxy) is 2. The van der Waals surface area contributed by atoms with Crippen molar-refractivity contribution in [3.05, 3.63) is 23.8 Å². The third-order valence-electron chi connectivity index (χ3n) is 3.62. The van der Waals surface area contributed by atoms with Crippen LogP contribution in [0, 0.1) is 6.92 Å². The van der Waals surface area contributed by atoms with Gasteiger partial charge in [0.15, 0.2) is 0 Å². The maximum absolute atomic E-state index is 5.79. The fraction of sp³-hybridized carbons (Fsp3) is 0.600. The number of nitrogens with zero attached hydrogens (tertiary/aromatic N) is 1. The maximum Gasteiger partial charge on any atom is 0.119 e. The summed E-state index contributed by atoms with van der Waals surface area (Å²) in [6.45, 7) is 9.13. The van der Waals surface area contributed by atoms with Crippen molar-refractivity contribution in [1.29, 1.82) is 0 Å². The minimum Gasteiger partial charge on any atom is -0.497 e. The molecule has 1 aromatic rings. The number of likely N-dealkylation sites (N-methyl/N-ethyl adjacent to an activating group) is 1. The van der Waals surface area contributed by atoms with Crippen LogP contribution in [0.4, 0.5) is 5.69 Å². The van der Waals surface area contributed by atoms with Crippen LogP contribution in [-0.2, 0) is 4.74 Å². The molecule has 0 bridgehead atoms. The number of rotatable bonds is 5. The van der Waals surface area contributed by atoms with Crippen LogP contribution in [0.5, 0.6) is 5.75 Å². The predicted octanol–water partition coefficient (Wildman–Crippen LogP) is 2.14. The van der Waals surface area contributed by atoms with E-state index in [0.717, 1.165) is 44.2 Å². The van der Waals surface area contributed by atoms with E-state index in [0.29, 0.717) is 0 Å². The van der Waals surface area contributed by atoms with Crippen molar-refractivity contribution in [2.45, 2.75) is 20.0 Å². The summed E-state index contributed by atoms with van der Waals surface area (Å²) < 4.78 is 11.0. The van der Waals surface area contributed by atoms with Gasteiger partial charge >= 0.3 is 0 Å².